The molecule has 0 aliphatic carbocycles. The van der Waals surface area contributed by atoms with Gasteiger partial charge in [0.25, 0.3) is 5.91 Å². The average molecular weight is 375 g/mol. The minimum absolute atomic E-state index is 0.129. The van der Waals surface area contributed by atoms with Crippen LogP contribution in [0.3, 0.4) is 0 Å². The van der Waals surface area contributed by atoms with Gasteiger partial charge in [0.1, 0.15) is 10.8 Å². The number of ether oxygens (including phenoxy) is 1. The zero-order valence-corrected chi connectivity index (χ0v) is 16.2. The van der Waals surface area contributed by atoms with E-state index >= 15 is 0 Å². The third-order valence-corrected chi connectivity index (χ3v) is 5.41. The van der Waals surface area contributed by atoms with Crippen molar-refractivity contribution in [2.24, 2.45) is 0 Å². The van der Waals surface area contributed by atoms with Crippen LogP contribution in [0.15, 0.2) is 23.7 Å². The SMILES string of the molecule is CCc1csc(CNC(=O)c2ccc(N(C)C[C@@H]3CCCCO3)nc2)n1. The lowest BCUT2D eigenvalue weighted by molar-refractivity contribution is 0.0215. The van der Waals surface area contributed by atoms with Gasteiger partial charge in [0.15, 0.2) is 0 Å². The van der Waals surface area contributed by atoms with E-state index in [4.69, 9.17) is 4.74 Å². The van der Waals surface area contributed by atoms with E-state index in [2.05, 4.69) is 27.1 Å². The highest BCUT2D eigenvalue weighted by atomic mass is 32.1. The number of aromatic nitrogens is 2. The normalized spacial score (nSPS) is 17.1. The second-order valence-corrected chi connectivity index (χ2v) is 7.49. The molecule has 2 aromatic rings. The molecule has 26 heavy (non-hydrogen) atoms. The van der Waals surface area contributed by atoms with E-state index in [1.807, 2.05) is 24.6 Å². The number of nitrogens with zero attached hydrogens (tertiary/aromatic N) is 3. The molecule has 1 fully saturated rings. The summed E-state index contributed by atoms with van der Waals surface area (Å²) in [5.41, 5.74) is 1.62. The van der Waals surface area contributed by atoms with Gasteiger partial charge >= 0.3 is 0 Å². The van der Waals surface area contributed by atoms with Gasteiger partial charge in [-0.25, -0.2) is 9.97 Å². The van der Waals surface area contributed by atoms with Crippen LogP contribution < -0.4 is 10.2 Å². The summed E-state index contributed by atoms with van der Waals surface area (Å²) in [7, 11) is 2.01. The first kappa shape index (κ1) is 18.8. The Balaban J connectivity index is 1.51. The van der Waals surface area contributed by atoms with E-state index in [-0.39, 0.29) is 12.0 Å². The van der Waals surface area contributed by atoms with Crippen molar-refractivity contribution >= 4 is 23.1 Å². The highest BCUT2D eigenvalue weighted by Gasteiger charge is 2.17. The minimum atomic E-state index is -0.129. The van der Waals surface area contributed by atoms with Gasteiger partial charge in [0.2, 0.25) is 0 Å². The van der Waals surface area contributed by atoms with Gasteiger partial charge in [-0.1, -0.05) is 6.92 Å². The largest absolute Gasteiger partial charge is 0.376 e. The number of aryl methyl sites for hydroxylation is 1. The fourth-order valence-electron chi connectivity index (χ4n) is 2.95. The molecule has 1 amide bonds. The molecule has 3 rings (SSSR count). The zero-order valence-electron chi connectivity index (χ0n) is 15.4. The molecule has 7 heteroatoms. The predicted molar refractivity (Wildman–Crippen MR) is 104 cm³/mol. The van der Waals surface area contributed by atoms with Crippen molar-refractivity contribution in [3.8, 4) is 0 Å². The lowest BCUT2D eigenvalue weighted by Crippen LogP contribution is -2.33. The van der Waals surface area contributed by atoms with Crippen LogP contribution in [0.5, 0.6) is 0 Å². The van der Waals surface area contributed by atoms with Crippen LogP contribution in [0.1, 0.15) is 47.2 Å². The quantitative estimate of drug-likeness (QED) is 0.807. The highest BCUT2D eigenvalue weighted by Crippen LogP contribution is 2.17. The maximum absolute atomic E-state index is 12.3. The number of hydrogen-bond donors (Lipinski definition) is 1. The van der Waals surface area contributed by atoms with E-state index < -0.39 is 0 Å². The van der Waals surface area contributed by atoms with Crippen LogP contribution in [-0.4, -0.2) is 42.2 Å². The van der Waals surface area contributed by atoms with E-state index in [0.717, 1.165) is 48.9 Å². The number of rotatable bonds is 7. The van der Waals surface area contributed by atoms with Crippen LogP contribution in [0.25, 0.3) is 0 Å². The number of pyridine rings is 1. The molecule has 1 aliphatic rings. The number of thiazole rings is 1. The number of carbonyl (C=O) groups excluding carboxylic acids is 1. The van der Waals surface area contributed by atoms with Gasteiger partial charge in [-0.05, 0) is 37.8 Å². The summed E-state index contributed by atoms with van der Waals surface area (Å²) < 4.78 is 5.78. The molecule has 0 bridgehead atoms. The number of amides is 1. The predicted octanol–water partition coefficient (Wildman–Crippen LogP) is 3.04. The molecular formula is C19H26N4O2S. The Bertz CT molecular complexity index is 711. The van der Waals surface area contributed by atoms with Crippen LogP contribution in [0.4, 0.5) is 5.82 Å². The number of hydrogen-bond acceptors (Lipinski definition) is 6. The summed E-state index contributed by atoms with van der Waals surface area (Å²) in [6, 6.07) is 3.70. The minimum Gasteiger partial charge on any atom is -0.376 e. The first-order valence-corrected chi connectivity index (χ1v) is 10.0. The van der Waals surface area contributed by atoms with E-state index in [9.17, 15) is 4.79 Å². The Morgan fingerprint density at radius 2 is 2.31 bits per heavy atom. The Labute approximate surface area is 158 Å². The number of nitrogens with one attached hydrogen (secondary N) is 1. The first-order valence-electron chi connectivity index (χ1n) is 9.16. The molecule has 1 aliphatic heterocycles. The molecule has 1 N–H and O–H groups in total. The Morgan fingerprint density at radius 3 is 2.96 bits per heavy atom. The molecule has 1 saturated heterocycles. The van der Waals surface area contributed by atoms with Crippen molar-refractivity contribution in [3.05, 3.63) is 40.0 Å². The molecular weight excluding hydrogens is 348 g/mol. The summed E-state index contributed by atoms with van der Waals surface area (Å²) in [5, 5.41) is 5.86. The van der Waals surface area contributed by atoms with Crippen LogP contribution in [-0.2, 0) is 17.7 Å². The van der Waals surface area contributed by atoms with Gasteiger partial charge < -0.3 is 15.0 Å². The number of likely N-dealkylation sites (N-methyl/N-ethyl adjacent to an activating group) is 1. The maximum Gasteiger partial charge on any atom is 0.253 e. The van der Waals surface area contributed by atoms with Gasteiger partial charge in [0.05, 0.1) is 23.9 Å². The third-order valence-electron chi connectivity index (χ3n) is 4.51. The maximum atomic E-state index is 12.3. The van der Waals surface area contributed by atoms with Crippen molar-refractivity contribution in [2.75, 3.05) is 25.1 Å². The lowest BCUT2D eigenvalue weighted by atomic mass is 10.1. The van der Waals surface area contributed by atoms with Gasteiger partial charge in [-0.15, -0.1) is 11.3 Å². The second kappa shape index (κ2) is 9.09. The molecule has 0 spiro atoms. The topological polar surface area (TPSA) is 67.4 Å². The smallest absolute Gasteiger partial charge is 0.253 e. The average Bonchev–Trinajstić information content (AvgIpc) is 3.15. The molecule has 1 atom stereocenters. The molecule has 2 aromatic heterocycles. The van der Waals surface area contributed by atoms with Gasteiger partial charge in [0, 0.05) is 31.8 Å². The molecule has 0 unspecified atom stereocenters. The van der Waals surface area contributed by atoms with Gasteiger partial charge in [-0.2, -0.15) is 0 Å². The summed E-state index contributed by atoms with van der Waals surface area (Å²) in [6.07, 6.45) is 6.29. The highest BCUT2D eigenvalue weighted by molar-refractivity contribution is 7.09. The molecule has 6 nitrogen and oxygen atoms in total. The summed E-state index contributed by atoms with van der Waals surface area (Å²) in [6.45, 7) is 4.19. The standard InChI is InChI=1S/C19H26N4O2S/c1-3-15-13-26-18(22-15)11-21-19(24)14-7-8-17(20-10-14)23(2)12-16-6-4-5-9-25-16/h7-8,10,13,16H,3-6,9,11-12H2,1-2H3,(H,21,24)/t16-/m0/s1. The van der Waals surface area contributed by atoms with Crippen molar-refractivity contribution in [1.29, 1.82) is 0 Å². The van der Waals surface area contributed by atoms with Crippen molar-refractivity contribution in [2.45, 2.75) is 45.3 Å². The molecule has 3 heterocycles. The van der Waals surface area contributed by atoms with Crippen molar-refractivity contribution in [1.82, 2.24) is 15.3 Å². The molecule has 140 valence electrons. The molecule has 0 aromatic carbocycles. The summed E-state index contributed by atoms with van der Waals surface area (Å²) >= 11 is 1.57. The fourth-order valence-corrected chi connectivity index (χ4v) is 3.76. The number of anilines is 1. The second-order valence-electron chi connectivity index (χ2n) is 6.54. The van der Waals surface area contributed by atoms with E-state index in [1.165, 1.54) is 6.42 Å². The Hall–Kier alpha value is -1.99. The van der Waals surface area contributed by atoms with Crippen LogP contribution >= 0.6 is 11.3 Å². The van der Waals surface area contributed by atoms with E-state index in [0.29, 0.717) is 12.1 Å². The van der Waals surface area contributed by atoms with Crippen LogP contribution in [0, 0.1) is 0 Å². The monoisotopic (exact) mass is 374 g/mol. The van der Waals surface area contributed by atoms with Crippen LogP contribution in [0.2, 0.25) is 0 Å². The van der Waals surface area contributed by atoms with Gasteiger partial charge in [-0.3, -0.25) is 4.79 Å². The Kier molecular flexibility index (Phi) is 6.57. The Morgan fingerprint density at radius 1 is 1.42 bits per heavy atom. The molecule has 0 radical (unpaired) electrons. The first-order chi connectivity index (χ1) is 12.7. The fraction of sp³-hybridized carbons (Fsp3) is 0.526. The summed E-state index contributed by atoms with van der Waals surface area (Å²) in [4.78, 5) is 23.3. The zero-order chi connectivity index (χ0) is 18.4. The van der Waals surface area contributed by atoms with E-state index in [1.54, 1.807) is 17.5 Å². The lowest BCUT2D eigenvalue weighted by Gasteiger charge is -2.28. The number of carbonyl (C=O) groups is 1. The molecule has 0 saturated carbocycles. The summed E-state index contributed by atoms with van der Waals surface area (Å²) in [5.74, 6) is 0.721. The van der Waals surface area contributed by atoms with Crippen molar-refractivity contribution in [3.63, 3.8) is 0 Å². The third kappa shape index (κ3) is 5.02. The van der Waals surface area contributed by atoms with Crippen molar-refractivity contribution < 1.29 is 9.53 Å².